The number of aliphatic imine (C=N–C) groups is 1. The second-order valence-electron chi connectivity index (χ2n) is 6.23. The summed E-state index contributed by atoms with van der Waals surface area (Å²) in [6, 6.07) is 0. The van der Waals surface area contributed by atoms with Crippen molar-refractivity contribution in [3.8, 4) is 0 Å². The van der Waals surface area contributed by atoms with Gasteiger partial charge in [0.15, 0.2) is 5.96 Å². The van der Waals surface area contributed by atoms with Crippen LogP contribution < -0.4 is 10.6 Å². The van der Waals surface area contributed by atoms with E-state index in [-0.39, 0.29) is 0 Å². The van der Waals surface area contributed by atoms with Gasteiger partial charge in [-0.3, -0.25) is 4.99 Å². The summed E-state index contributed by atoms with van der Waals surface area (Å²) in [4.78, 5) is 4.32. The van der Waals surface area contributed by atoms with Crippen LogP contribution in [0.2, 0.25) is 0 Å². The molecule has 2 N–H and O–H groups in total. The maximum atomic E-state index is 5.20. The Morgan fingerprint density at radius 2 is 1.96 bits per heavy atom. The molecule has 5 nitrogen and oxygen atoms in total. The van der Waals surface area contributed by atoms with Gasteiger partial charge in [-0.15, -0.1) is 0 Å². The number of guanidine groups is 1. The first-order valence-electron chi connectivity index (χ1n) is 8.98. The van der Waals surface area contributed by atoms with Crippen LogP contribution in [0.4, 0.5) is 0 Å². The zero-order chi connectivity index (χ0) is 17.1. The van der Waals surface area contributed by atoms with Crippen LogP contribution in [0.1, 0.15) is 63.0 Å². The minimum absolute atomic E-state index is 0.737. The molecule has 1 rings (SSSR count). The van der Waals surface area contributed by atoms with E-state index in [0.29, 0.717) is 0 Å². The standard InChI is InChI=1S/C18H34N4O/c1-6-8-10-16(9-7-2)13-21-18(19-5)20-12-11-17-14(3)22-23-15(17)4/h16H,6-13H2,1-5H3,(H2,19,20,21). The molecule has 1 atom stereocenters. The van der Waals surface area contributed by atoms with Gasteiger partial charge < -0.3 is 15.2 Å². The summed E-state index contributed by atoms with van der Waals surface area (Å²) in [6.45, 7) is 10.3. The largest absolute Gasteiger partial charge is 0.361 e. The van der Waals surface area contributed by atoms with E-state index in [4.69, 9.17) is 4.52 Å². The number of nitrogens with one attached hydrogen (secondary N) is 2. The van der Waals surface area contributed by atoms with Crippen LogP contribution in [0.15, 0.2) is 9.52 Å². The van der Waals surface area contributed by atoms with Crippen molar-refractivity contribution in [1.82, 2.24) is 15.8 Å². The van der Waals surface area contributed by atoms with Gasteiger partial charge in [-0.05, 0) is 39.0 Å². The highest BCUT2D eigenvalue weighted by atomic mass is 16.5. The summed E-state index contributed by atoms with van der Waals surface area (Å²) in [7, 11) is 1.83. The Balaban J connectivity index is 2.36. The van der Waals surface area contributed by atoms with Gasteiger partial charge in [0, 0.05) is 25.7 Å². The van der Waals surface area contributed by atoms with E-state index in [0.717, 1.165) is 42.8 Å². The SMILES string of the molecule is CCCCC(CCC)CNC(=NC)NCCc1c(C)noc1C. The van der Waals surface area contributed by atoms with Crippen molar-refractivity contribution in [1.29, 1.82) is 0 Å². The van der Waals surface area contributed by atoms with E-state index in [2.05, 4.69) is 34.6 Å². The second-order valence-corrected chi connectivity index (χ2v) is 6.23. The van der Waals surface area contributed by atoms with Gasteiger partial charge >= 0.3 is 0 Å². The minimum Gasteiger partial charge on any atom is -0.361 e. The average molecular weight is 322 g/mol. The lowest BCUT2D eigenvalue weighted by molar-refractivity contribution is 0.392. The lowest BCUT2D eigenvalue weighted by atomic mass is 9.97. The fourth-order valence-corrected chi connectivity index (χ4v) is 2.88. The number of aryl methyl sites for hydroxylation is 2. The molecule has 0 fully saturated rings. The Bertz CT molecular complexity index is 448. The number of unbranched alkanes of at least 4 members (excludes halogenated alkanes) is 1. The van der Waals surface area contributed by atoms with Gasteiger partial charge in [0.2, 0.25) is 0 Å². The number of rotatable bonds is 10. The molecule has 1 heterocycles. The maximum absolute atomic E-state index is 5.20. The highest BCUT2D eigenvalue weighted by Gasteiger charge is 2.10. The van der Waals surface area contributed by atoms with Crippen molar-refractivity contribution in [2.45, 2.75) is 66.2 Å². The van der Waals surface area contributed by atoms with Gasteiger partial charge in [0.1, 0.15) is 5.76 Å². The molecule has 0 aromatic carbocycles. The average Bonchev–Trinajstić information content (AvgIpc) is 2.87. The van der Waals surface area contributed by atoms with Crippen LogP contribution in [0.5, 0.6) is 0 Å². The van der Waals surface area contributed by atoms with E-state index >= 15 is 0 Å². The third-order valence-corrected chi connectivity index (χ3v) is 4.29. The molecule has 1 aromatic rings. The van der Waals surface area contributed by atoms with Crippen LogP contribution >= 0.6 is 0 Å². The monoisotopic (exact) mass is 322 g/mol. The fourth-order valence-electron chi connectivity index (χ4n) is 2.88. The van der Waals surface area contributed by atoms with Gasteiger partial charge in [0.25, 0.3) is 0 Å². The Labute approximate surface area is 141 Å². The Kier molecular flexibility index (Phi) is 9.41. The molecule has 0 saturated carbocycles. The van der Waals surface area contributed by atoms with E-state index in [1.165, 1.54) is 37.7 Å². The quantitative estimate of drug-likeness (QED) is 0.510. The van der Waals surface area contributed by atoms with Crippen molar-refractivity contribution in [2.75, 3.05) is 20.1 Å². The summed E-state index contributed by atoms with van der Waals surface area (Å²) in [5.41, 5.74) is 2.18. The predicted octanol–water partition coefficient (Wildman–Crippen LogP) is 3.61. The van der Waals surface area contributed by atoms with Gasteiger partial charge in [0.05, 0.1) is 5.69 Å². The number of hydrogen-bond acceptors (Lipinski definition) is 3. The fraction of sp³-hybridized carbons (Fsp3) is 0.778. The summed E-state index contributed by atoms with van der Waals surface area (Å²) in [5.74, 6) is 2.53. The van der Waals surface area contributed by atoms with Crippen LogP contribution in [0.3, 0.4) is 0 Å². The number of aromatic nitrogens is 1. The second kappa shape index (κ2) is 11.1. The first kappa shape index (κ1) is 19.5. The summed E-state index contributed by atoms with van der Waals surface area (Å²) >= 11 is 0. The van der Waals surface area contributed by atoms with E-state index in [9.17, 15) is 0 Å². The number of nitrogens with zero attached hydrogens (tertiary/aromatic N) is 2. The van der Waals surface area contributed by atoms with E-state index in [1.54, 1.807) is 0 Å². The molecule has 132 valence electrons. The van der Waals surface area contributed by atoms with Gasteiger partial charge in [-0.1, -0.05) is 38.3 Å². The number of hydrogen-bond donors (Lipinski definition) is 2. The van der Waals surface area contributed by atoms with Crippen LogP contribution in [-0.2, 0) is 6.42 Å². The van der Waals surface area contributed by atoms with Gasteiger partial charge in [-0.2, -0.15) is 0 Å². The Morgan fingerprint density at radius 1 is 1.17 bits per heavy atom. The molecule has 0 spiro atoms. The van der Waals surface area contributed by atoms with Crippen molar-refractivity contribution in [3.63, 3.8) is 0 Å². The first-order chi connectivity index (χ1) is 11.1. The summed E-state index contributed by atoms with van der Waals surface area (Å²) in [5, 5.41) is 10.9. The Morgan fingerprint density at radius 3 is 2.52 bits per heavy atom. The third-order valence-electron chi connectivity index (χ3n) is 4.29. The molecule has 0 amide bonds. The highest BCUT2D eigenvalue weighted by molar-refractivity contribution is 5.79. The molecule has 5 heteroatoms. The van der Waals surface area contributed by atoms with Crippen LogP contribution in [0, 0.1) is 19.8 Å². The van der Waals surface area contributed by atoms with Gasteiger partial charge in [-0.25, -0.2) is 0 Å². The molecule has 1 aromatic heterocycles. The topological polar surface area (TPSA) is 62.5 Å². The lowest BCUT2D eigenvalue weighted by Gasteiger charge is -2.19. The molecule has 0 aliphatic heterocycles. The van der Waals surface area contributed by atoms with Crippen LogP contribution in [0.25, 0.3) is 0 Å². The molecule has 0 aliphatic carbocycles. The molecular formula is C18H34N4O. The molecule has 0 radical (unpaired) electrons. The zero-order valence-electron chi connectivity index (χ0n) is 15.5. The normalized spacial score (nSPS) is 13.2. The predicted molar refractivity (Wildman–Crippen MR) is 97.0 cm³/mol. The van der Waals surface area contributed by atoms with Crippen LogP contribution in [-0.4, -0.2) is 31.3 Å². The van der Waals surface area contributed by atoms with E-state index in [1.807, 2.05) is 20.9 Å². The van der Waals surface area contributed by atoms with E-state index < -0.39 is 0 Å². The molecule has 0 bridgehead atoms. The zero-order valence-corrected chi connectivity index (χ0v) is 15.5. The first-order valence-corrected chi connectivity index (χ1v) is 8.98. The molecule has 1 unspecified atom stereocenters. The minimum atomic E-state index is 0.737. The molecular weight excluding hydrogens is 288 g/mol. The third kappa shape index (κ3) is 7.06. The smallest absolute Gasteiger partial charge is 0.190 e. The summed E-state index contributed by atoms with van der Waals surface area (Å²) in [6.07, 6.45) is 7.30. The lowest BCUT2D eigenvalue weighted by Crippen LogP contribution is -2.40. The van der Waals surface area contributed by atoms with Crippen molar-refractivity contribution >= 4 is 5.96 Å². The highest BCUT2D eigenvalue weighted by Crippen LogP contribution is 2.14. The van der Waals surface area contributed by atoms with Crippen molar-refractivity contribution in [3.05, 3.63) is 17.0 Å². The Hall–Kier alpha value is -1.52. The molecule has 0 aliphatic rings. The maximum Gasteiger partial charge on any atom is 0.190 e. The summed E-state index contributed by atoms with van der Waals surface area (Å²) < 4.78 is 5.20. The van der Waals surface area contributed by atoms with Crippen molar-refractivity contribution < 1.29 is 4.52 Å². The molecule has 0 saturated heterocycles. The van der Waals surface area contributed by atoms with Crippen molar-refractivity contribution in [2.24, 2.45) is 10.9 Å². The molecule has 23 heavy (non-hydrogen) atoms.